The van der Waals surface area contributed by atoms with Crippen molar-refractivity contribution >= 4 is 23.0 Å². The van der Waals surface area contributed by atoms with Gasteiger partial charge in [-0.3, -0.25) is 4.79 Å². The van der Waals surface area contributed by atoms with Gasteiger partial charge in [-0.05, 0) is 72.8 Å². The van der Waals surface area contributed by atoms with Gasteiger partial charge in [-0.1, -0.05) is 0 Å². The number of amides is 1. The van der Waals surface area contributed by atoms with E-state index in [4.69, 9.17) is 10.00 Å². The van der Waals surface area contributed by atoms with E-state index in [2.05, 4.69) is 21.2 Å². The Bertz CT molecular complexity index is 1100. The molecule has 168 valence electrons. The van der Waals surface area contributed by atoms with Crippen LogP contribution in [0.25, 0.3) is 0 Å². The number of halogens is 1. The van der Waals surface area contributed by atoms with E-state index in [9.17, 15) is 9.18 Å². The Hall–Kier alpha value is -4.05. The Kier molecular flexibility index (Phi) is 7.06. The first-order valence-electron chi connectivity index (χ1n) is 10.9. The van der Waals surface area contributed by atoms with Crippen molar-refractivity contribution in [2.24, 2.45) is 0 Å². The lowest BCUT2D eigenvalue weighted by atomic mass is 10.1. The monoisotopic (exact) mass is 444 g/mol. The summed E-state index contributed by atoms with van der Waals surface area (Å²) < 4.78 is 17.4. The normalized spacial score (nSPS) is 13.3. The standard InChI is InChI=1S/C26H25FN4O2/c27-13-18-33-25-11-3-21(4-12-25)26(32)29-22-5-9-24(10-6-22)31-16-14-30(15-17-31)23-7-1-20(19-28)2-8-23/h1-12H,13-18H2,(H,29,32). The number of nitriles is 1. The minimum atomic E-state index is -0.551. The highest BCUT2D eigenvalue weighted by Crippen LogP contribution is 2.23. The third-order valence-corrected chi connectivity index (χ3v) is 5.59. The molecular weight excluding hydrogens is 419 g/mol. The number of nitrogens with one attached hydrogen (secondary N) is 1. The second kappa shape index (κ2) is 10.5. The summed E-state index contributed by atoms with van der Waals surface area (Å²) >= 11 is 0. The molecule has 7 heteroatoms. The third kappa shape index (κ3) is 5.60. The summed E-state index contributed by atoms with van der Waals surface area (Å²) in [7, 11) is 0. The quantitative estimate of drug-likeness (QED) is 0.582. The van der Waals surface area contributed by atoms with Crippen LogP contribution in [0.1, 0.15) is 15.9 Å². The maximum Gasteiger partial charge on any atom is 0.255 e. The van der Waals surface area contributed by atoms with Crippen molar-refractivity contribution in [1.29, 1.82) is 5.26 Å². The molecule has 1 aliphatic rings. The second-order valence-corrected chi connectivity index (χ2v) is 7.70. The molecule has 0 atom stereocenters. The van der Waals surface area contributed by atoms with E-state index in [0.717, 1.165) is 43.2 Å². The van der Waals surface area contributed by atoms with E-state index in [1.165, 1.54) is 0 Å². The van der Waals surface area contributed by atoms with E-state index in [1.807, 2.05) is 48.5 Å². The first kappa shape index (κ1) is 22.2. The zero-order valence-corrected chi connectivity index (χ0v) is 18.2. The molecule has 1 aliphatic heterocycles. The SMILES string of the molecule is N#Cc1ccc(N2CCN(c3ccc(NC(=O)c4ccc(OCCF)cc4)cc3)CC2)cc1. The summed E-state index contributed by atoms with van der Waals surface area (Å²) in [4.78, 5) is 17.1. The van der Waals surface area contributed by atoms with Crippen molar-refractivity contribution in [3.63, 3.8) is 0 Å². The second-order valence-electron chi connectivity index (χ2n) is 7.70. The molecule has 0 unspecified atom stereocenters. The van der Waals surface area contributed by atoms with Crippen LogP contribution in [-0.4, -0.2) is 45.4 Å². The number of hydrogen-bond acceptors (Lipinski definition) is 5. The minimum absolute atomic E-state index is 0.00236. The van der Waals surface area contributed by atoms with Gasteiger partial charge < -0.3 is 19.9 Å². The van der Waals surface area contributed by atoms with Gasteiger partial charge in [0.25, 0.3) is 5.91 Å². The van der Waals surface area contributed by atoms with Crippen molar-refractivity contribution in [2.75, 3.05) is 54.6 Å². The molecule has 4 rings (SSSR count). The molecule has 0 spiro atoms. The molecule has 3 aromatic rings. The van der Waals surface area contributed by atoms with Crippen LogP contribution in [0, 0.1) is 11.3 Å². The zero-order chi connectivity index (χ0) is 23.0. The van der Waals surface area contributed by atoms with Crippen molar-refractivity contribution in [1.82, 2.24) is 0 Å². The lowest BCUT2D eigenvalue weighted by molar-refractivity contribution is 0.102. The maximum absolute atomic E-state index is 12.5. The van der Waals surface area contributed by atoms with Gasteiger partial charge in [-0.15, -0.1) is 0 Å². The smallest absolute Gasteiger partial charge is 0.255 e. The zero-order valence-electron chi connectivity index (χ0n) is 18.2. The van der Waals surface area contributed by atoms with Gasteiger partial charge in [0.15, 0.2) is 0 Å². The molecule has 33 heavy (non-hydrogen) atoms. The van der Waals surface area contributed by atoms with Crippen LogP contribution in [0.15, 0.2) is 72.8 Å². The van der Waals surface area contributed by atoms with Gasteiger partial charge in [0.2, 0.25) is 0 Å². The lowest BCUT2D eigenvalue weighted by Gasteiger charge is -2.37. The highest BCUT2D eigenvalue weighted by atomic mass is 19.1. The third-order valence-electron chi connectivity index (χ3n) is 5.59. The minimum Gasteiger partial charge on any atom is -0.491 e. The van der Waals surface area contributed by atoms with Gasteiger partial charge in [-0.2, -0.15) is 5.26 Å². The van der Waals surface area contributed by atoms with E-state index in [1.54, 1.807) is 24.3 Å². The fourth-order valence-electron chi connectivity index (χ4n) is 3.79. The van der Waals surface area contributed by atoms with Crippen LogP contribution >= 0.6 is 0 Å². The number of anilines is 3. The lowest BCUT2D eigenvalue weighted by Crippen LogP contribution is -2.46. The molecular formula is C26H25FN4O2. The summed E-state index contributed by atoms with van der Waals surface area (Å²) in [5.74, 6) is 0.323. The van der Waals surface area contributed by atoms with Crippen molar-refractivity contribution in [3.05, 3.63) is 83.9 Å². The summed E-state index contributed by atoms with van der Waals surface area (Å²) in [6, 6.07) is 24.3. The molecule has 1 saturated heterocycles. The molecule has 1 fully saturated rings. The summed E-state index contributed by atoms with van der Waals surface area (Å²) in [5.41, 5.74) is 4.14. The Morgan fingerprint density at radius 2 is 1.42 bits per heavy atom. The Morgan fingerprint density at radius 3 is 1.94 bits per heavy atom. The van der Waals surface area contributed by atoms with Crippen LogP contribution in [-0.2, 0) is 0 Å². The molecule has 3 aromatic carbocycles. The maximum atomic E-state index is 12.5. The van der Waals surface area contributed by atoms with Gasteiger partial charge in [0.05, 0.1) is 11.6 Å². The number of carbonyl (C=O) groups excluding carboxylic acids is 1. The number of nitrogens with zero attached hydrogens (tertiary/aromatic N) is 3. The number of piperazine rings is 1. The molecule has 0 saturated carbocycles. The summed E-state index contributed by atoms with van der Waals surface area (Å²) in [5, 5.41) is 11.9. The summed E-state index contributed by atoms with van der Waals surface area (Å²) in [6.07, 6.45) is 0. The van der Waals surface area contributed by atoms with E-state index < -0.39 is 6.67 Å². The van der Waals surface area contributed by atoms with Crippen LogP contribution in [0.4, 0.5) is 21.5 Å². The Morgan fingerprint density at radius 1 is 0.879 bits per heavy atom. The van der Waals surface area contributed by atoms with Gasteiger partial charge in [-0.25, -0.2) is 4.39 Å². The van der Waals surface area contributed by atoms with Crippen LogP contribution in [0.2, 0.25) is 0 Å². The number of ether oxygens (including phenoxy) is 1. The highest BCUT2D eigenvalue weighted by Gasteiger charge is 2.17. The van der Waals surface area contributed by atoms with Crippen LogP contribution in [0.5, 0.6) is 5.75 Å². The molecule has 1 heterocycles. The van der Waals surface area contributed by atoms with Crippen LogP contribution in [0.3, 0.4) is 0 Å². The highest BCUT2D eigenvalue weighted by molar-refractivity contribution is 6.04. The largest absolute Gasteiger partial charge is 0.491 e. The average Bonchev–Trinajstić information content (AvgIpc) is 2.88. The number of benzene rings is 3. The van der Waals surface area contributed by atoms with Crippen molar-refractivity contribution in [2.45, 2.75) is 0 Å². The van der Waals surface area contributed by atoms with E-state index in [-0.39, 0.29) is 12.5 Å². The van der Waals surface area contributed by atoms with Gasteiger partial charge >= 0.3 is 0 Å². The van der Waals surface area contributed by atoms with Crippen LogP contribution < -0.4 is 19.9 Å². The van der Waals surface area contributed by atoms with E-state index >= 15 is 0 Å². The van der Waals surface area contributed by atoms with Crippen molar-refractivity contribution < 1.29 is 13.9 Å². The molecule has 1 N–H and O–H groups in total. The number of hydrogen-bond donors (Lipinski definition) is 1. The topological polar surface area (TPSA) is 68.6 Å². The fourth-order valence-corrected chi connectivity index (χ4v) is 3.79. The molecule has 0 aliphatic carbocycles. The molecule has 0 bridgehead atoms. The number of rotatable bonds is 7. The Balaban J connectivity index is 1.30. The van der Waals surface area contributed by atoms with Gasteiger partial charge in [0, 0.05) is 48.8 Å². The predicted molar refractivity (Wildman–Crippen MR) is 128 cm³/mol. The molecule has 0 radical (unpaired) electrons. The predicted octanol–water partition coefficient (Wildman–Crippen LogP) is 4.49. The molecule has 6 nitrogen and oxygen atoms in total. The first-order chi connectivity index (χ1) is 16.2. The average molecular weight is 445 g/mol. The Labute approximate surface area is 192 Å². The molecule has 1 amide bonds. The molecule has 0 aromatic heterocycles. The number of alkyl halides is 1. The van der Waals surface area contributed by atoms with E-state index in [0.29, 0.717) is 16.9 Å². The summed E-state index contributed by atoms with van der Waals surface area (Å²) in [6.45, 7) is 3.03. The fraction of sp³-hybridized carbons (Fsp3) is 0.231. The van der Waals surface area contributed by atoms with Crippen molar-refractivity contribution in [3.8, 4) is 11.8 Å². The number of carbonyl (C=O) groups is 1. The van der Waals surface area contributed by atoms with Gasteiger partial charge in [0.1, 0.15) is 19.0 Å². The first-order valence-corrected chi connectivity index (χ1v) is 10.9.